The van der Waals surface area contributed by atoms with Crippen LogP contribution in [-0.2, 0) is 0 Å². The molecule has 70 valence electrons. The van der Waals surface area contributed by atoms with Gasteiger partial charge in [-0.3, -0.25) is 0 Å². The zero-order valence-electron chi connectivity index (χ0n) is 8.16. The van der Waals surface area contributed by atoms with Crippen molar-refractivity contribution in [2.24, 2.45) is 0 Å². The maximum atomic E-state index is 10.9. The van der Waals surface area contributed by atoms with Crippen molar-refractivity contribution in [3.05, 3.63) is 34.9 Å². The van der Waals surface area contributed by atoms with Crippen LogP contribution >= 0.6 is 0 Å². The minimum absolute atomic E-state index is 0.256. The summed E-state index contributed by atoms with van der Waals surface area (Å²) in [7, 11) is 0. The van der Waals surface area contributed by atoms with Gasteiger partial charge >= 0.3 is 5.97 Å². The monoisotopic (exact) mass is 178 g/mol. The van der Waals surface area contributed by atoms with E-state index in [0.29, 0.717) is 5.56 Å². The summed E-state index contributed by atoms with van der Waals surface area (Å²) < 4.78 is 0. The van der Waals surface area contributed by atoms with Gasteiger partial charge in [0.1, 0.15) is 0 Å². The van der Waals surface area contributed by atoms with Crippen LogP contribution in [0.25, 0.3) is 0 Å². The summed E-state index contributed by atoms with van der Waals surface area (Å²) in [4.78, 5) is 10.9. The average Bonchev–Trinajstić information content (AvgIpc) is 2.03. The van der Waals surface area contributed by atoms with E-state index < -0.39 is 5.97 Å². The summed E-state index contributed by atoms with van der Waals surface area (Å²) in [6.07, 6.45) is 0. The Kier molecular flexibility index (Phi) is 2.71. The van der Waals surface area contributed by atoms with E-state index in [4.69, 9.17) is 5.11 Å². The minimum atomic E-state index is -0.840. The SMILES string of the molecule is Cc1ccc(C(C)C)c(C(=O)O)c1. The molecule has 2 nitrogen and oxygen atoms in total. The van der Waals surface area contributed by atoms with Crippen molar-refractivity contribution in [2.45, 2.75) is 26.7 Å². The second-order valence-corrected chi connectivity index (χ2v) is 3.55. The molecule has 0 unspecified atom stereocenters. The van der Waals surface area contributed by atoms with E-state index in [-0.39, 0.29) is 5.92 Å². The average molecular weight is 178 g/mol. The number of carbonyl (C=O) groups is 1. The summed E-state index contributed by atoms with van der Waals surface area (Å²) in [6.45, 7) is 5.89. The second kappa shape index (κ2) is 3.60. The van der Waals surface area contributed by atoms with E-state index in [1.165, 1.54) is 0 Å². The molecule has 1 rings (SSSR count). The van der Waals surface area contributed by atoms with E-state index in [0.717, 1.165) is 11.1 Å². The molecule has 0 aromatic heterocycles. The van der Waals surface area contributed by atoms with Crippen molar-refractivity contribution in [1.29, 1.82) is 0 Å². The van der Waals surface area contributed by atoms with Crippen LogP contribution in [0.15, 0.2) is 18.2 Å². The van der Waals surface area contributed by atoms with E-state index >= 15 is 0 Å². The van der Waals surface area contributed by atoms with Gasteiger partial charge in [-0.25, -0.2) is 4.79 Å². The predicted octanol–water partition coefficient (Wildman–Crippen LogP) is 2.82. The van der Waals surface area contributed by atoms with Gasteiger partial charge in [-0.15, -0.1) is 0 Å². The van der Waals surface area contributed by atoms with Gasteiger partial charge in [-0.1, -0.05) is 31.5 Å². The first-order chi connectivity index (χ1) is 6.02. The van der Waals surface area contributed by atoms with Crippen molar-refractivity contribution in [1.82, 2.24) is 0 Å². The Bertz CT molecular complexity index is 327. The maximum Gasteiger partial charge on any atom is 0.335 e. The van der Waals surface area contributed by atoms with Crippen LogP contribution in [0.4, 0.5) is 0 Å². The molecule has 0 amide bonds. The zero-order valence-corrected chi connectivity index (χ0v) is 8.16. The van der Waals surface area contributed by atoms with Crippen molar-refractivity contribution in [3.8, 4) is 0 Å². The van der Waals surface area contributed by atoms with E-state index in [2.05, 4.69) is 0 Å². The lowest BCUT2D eigenvalue weighted by Crippen LogP contribution is -2.04. The van der Waals surface area contributed by atoms with E-state index in [1.807, 2.05) is 32.9 Å². The summed E-state index contributed by atoms with van der Waals surface area (Å²) in [5.74, 6) is -0.584. The van der Waals surface area contributed by atoms with E-state index in [9.17, 15) is 4.79 Å². The van der Waals surface area contributed by atoms with Crippen LogP contribution in [0.3, 0.4) is 0 Å². The molecule has 0 atom stereocenters. The summed E-state index contributed by atoms with van der Waals surface area (Å²) in [5, 5.41) is 8.94. The van der Waals surface area contributed by atoms with Crippen LogP contribution in [-0.4, -0.2) is 11.1 Å². The molecule has 1 aromatic carbocycles. The molecule has 0 radical (unpaired) electrons. The Balaban J connectivity index is 3.27. The molecule has 0 saturated carbocycles. The molecule has 1 aromatic rings. The molecule has 0 aliphatic carbocycles. The van der Waals surface area contributed by atoms with Crippen molar-refractivity contribution < 1.29 is 9.90 Å². The molecular weight excluding hydrogens is 164 g/mol. The number of benzene rings is 1. The molecule has 0 aliphatic heterocycles. The van der Waals surface area contributed by atoms with Crippen LogP contribution in [0.2, 0.25) is 0 Å². The molecule has 0 spiro atoms. The van der Waals surface area contributed by atoms with E-state index in [1.54, 1.807) is 6.07 Å². The van der Waals surface area contributed by atoms with Gasteiger partial charge in [0.2, 0.25) is 0 Å². The summed E-state index contributed by atoms with van der Waals surface area (Å²) >= 11 is 0. The number of hydrogen-bond acceptors (Lipinski definition) is 1. The van der Waals surface area contributed by atoms with Gasteiger partial charge in [0, 0.05) is 0 Å². The Morgan fingerprint density at radius 1 is 1.38 bits per heavy atom. The lowest BCUT2D eigenvalue weighted by atomic mass is 9.96. The standard InChI is InChI=1S/C11H14O2/c1-7(2)9-5-4-8(3)6-10(9)11(12)13/h4-7H,1-3H3,(H,12,13). The van der Waals surface area contributed by atoms with Crippen LogP contribution < -0.4 is 0 Å². The Hall–Kier alpha value is -1.31. The zero-order chi connectivity index (χ0) is 10.0. The quantitative estimate of drug-likeness (QED) is 0.756. The molecule has 0 saturated heterocycles. The molecular formula is C11H14O2. The number of aryl methyl sites for hydroxylation is 1. The van der Waals surface area contributed by atoms with Gasteiger partial charge in [0.25, 0.3) is 0 Å². The van der Waals surface area contributed by atoms with Crippen LogP contribution in [0.1, 0.15) is 41.3 Å². The molecule has 0 aliphatic rings. The smallest absolute Gasteiger partial charge is 0.335 e. The highest BCUT2D eigenvalue weighted by Crippen LogP contribution is 2.20. The highest BCUT2D eigenvalue weighted by molar-refractivity contribution is 5.89. The normalized spacial score (nSPS) is 10.5. The largest absolute Gasteiger partial charge is 0.478 e. The molecule has 0 heterocycles. The fraction of sp³-hybridized carbons (Fsp3) is 0.364. The highest BCUT2D eigenvalue weighted by Gasteiger charge is 2.11. The number of carboxylic acids is 1. The summed E-state index contributed by atoms with van der Waals surface area (Å²) in [6, 6.07) is 5.56. The second-order valence-electron chi connectivity index (χ2n) is 3.55. The number of hydrogen-bond donors (Lipinski definition) is 1. The third kappa shape index (κ3) is 2.08. The molecule has 0 bridgehead atoms. The van der Waals surface area contributed by atoms with Crippen molar-refractivity contribution in [3.63, 3.8) is 0 Å². The third-order valence-corrected chi connectivity index (χ3v) is 2.06. The van der Waals surface area contributed by atoms with Crippen LogP contribution in [0, 0.1) is 6.92 Å². The number of carboxylic acid groups (broad SMARTS) is 1. The van der Waals surface area contributed by atoms with Crippen molar-refractivity contribution in [2.75, 3.05) is 0 Å². The van der Waals surface area contributed by atoms with Gasteiger partial charge in [-0.05, 0) is 24.5 Å². The minimum Gasteiger partial charge on any atom is -0.478 e. The number of rotatable bonds is 2. The first-order valence-electron chi connectivity index (χ1n) is 4.36. The first-order valence-corrected chi connectivity index (χ1v) is 4.36. The molecule has 13 heavy (non-hydrogen) atoms. The fourth-order valence-corrected chi connectivity index (χ4v) is 1.36. The Morgan fingerprint density at radius 3 is 2.46 bits per heavy atom. The third-order valence-electron chi connectivity index (χ3n) is 2.06. The summed E-state index contributed by atoms with van der Waals surface area (Å²) in [5.41, 5.74) is 2.31. The van der Waals surface area contributed by atoms with Gasteiger partial charge in [-0.2, -0.15) is 0 Å². The topological polar surface area (TPSA) is 37.3 Å². The maximum absolute atomic E-state index is 10.9. The lowest BCUT2D eigenvalue weighted by molar-refractivity contribution is 0.0695. The van der Waals surface area contributed by atoms with Crippen LogP contribution in [0.5, 0.6) is 0 Å². The highest BCUT2D eigenvalue weighted by atomic mass is 16.4. The van der Waals surface area contributed by atoms with Gasteiger partial charge < -0.3 is 5.11 Å². The van der Waals surface area contributed by atoms with Gasteiger partial charge in [0.05, 0.1) is 5.56 Å². The molecule has 0 fully saturated rings. The predicted molar refractivity (Wildman–Crippen MR) is 52.2 cm³/mol. The Labute approximate surface area is 78.2 Å². The Morgan fingerprint density at radius 2 is 2.00 bits per heavy atom. The van der Waals surface area contributed by atoms with Crippen molar-refractivity contribution >= 4 is 5.97 Å². The first kappa shape index (κ1) is 9.78. The number of aromatic carboxylic acids is 1. The molecule has 1 N–H and O–H groups in total. The fourth-order valence-electron chi connectivity index (χ4n) is 1.36. The molecule has 2 heteroatoms. The van der Waals surface area contributed by atoms with Gasteiger partial charge in [0.15, 0.2) is 0 Å². The lowest BCUT2D eigenvalue weighted by Gasteiger charge is -2.09.